The van der Waals surface area contributed by atoms with E-state index in [0.29, 0.717) is 5.92 Å². The molecular formula is C57H55N. The molecule has 2 fully saturated rings. The molecule has 0 N–H and O–H groups in total. The van der Waals surface area contributed by atoms with Gasteiger partial charge in [0.1, 0.15) is 0 Å². The van der Waals surface area contributed by atoms with Crippen LogP contribution in [0.15, 0.2) is 164 Å². The van der Waals surface area contributed by atoms with Crippen molar-refractivity contribution in [2.24, 2.45) is 0 Å². The topological polar surface area (TPSA) is 3.24 Å². The highest BCUT2D eigenvalue weighted by Crippen LogP contribution is 2.51. The molecule has 2 saturated carbocycles. The van der Waals surface area contributed by atoms with Crippen molar-refractivity contribution < 1.29 is 0 Å². The number of benzene rings is 7. The van der Waals surface area contributed by atoms with Crippen LogP contribution in [0.2, 0.25) is 0 Å². The van der Waals surface area contributed by atoms with Gasteiger partial charge in [0.2, 0.25) is 0 Å². The molecule has 0 amide bonds. The normalized spacial score (nSPS) is 16.4. The van der Waals surface area contributed by atoms with Crippen LogP contribution in [0.25, 0.3) is 44.5 Å². The molecule has 0 bridgehead atoms. The molecule has 3 aliphatic carbocycles. The molecule has 0 radical (unpaired) electrons. The first-order valence-corrected chi connectivity index (χ1v) is 22.1. The number of rotatable bonds is 8. The Labute approximate surface area is 346 Å². The van der Waals surface area contributed by atoms with Crippen molar-refractivity contribution in [1.82, 2.24) is 0 Å². The van der Waals surface area contributed by atoms with Gasteiger partial charge in [-0.1, -0.05) is 174 Å². The zero-order valence-electron chi connectivity index (χ0n) is 34.3. The fraction of sp³-hybridized carbons (Fsp3) is 0.263. The standard InChI is InChI=1S/C57H55N/c1-57(2)55-25-10-9-24-53(55)54-35-34-52(39-56(54)57)58(50-32-30-44(31-33-50)46-19-11-18-45(36-46)41-16-7-4-8-17-41)51-23-13-22-49(38-51)48-21-12-20-47(37-48)43-28-26-42(27-29-43)40-14-5-3-6-15-40/h9-13,18-41H,3-8,14-17H2,1-2H3. The van der Waals surface area contributed by atoms with Crippen LogP contribution >= 0.6 is 0 Å². The van der Waals surface area contributed by atoms with Crippen LogP contribution in [0.3, 0.4) is 0 Å². The van der Waals surface area contributed by atoms with Gasteiger partial charge >= 0.3 is 0 Å². The lowest BCUT2D eigenvalue weighted by molar-refractivity contribution is 0.443. The summed E-state index contributed by atoms with van der Waals surface area (Å²) in [4.78, 5) is 2.46. The molecule has 0 aromatic heterocycles. The molecule has 7 aromatic carbocycles. The van der Waals surface area contributed by atoms with Crippen molar-refractivity contribution in [2.75, 3.05) is 4.90 Å². The largest absolute Gasteiger partial charge is 0.310 e. The molecule has 10 rings (SSSR count). The second-order valence-electron chi connectivity index (χ2n) is 17.8. The molecule has 1 nitrogen and oxygen atoms in total. The first kappa shape index (κ1) is 36.7. The zero-order chi connectivity index (χ0) is 39.1. The first-order valence-electron chi connectivity index (χ1n) is 22.1. The fourth-order valence-corrected chi connectivity index (χ4v) is 10.6. The van der Waals surface area contributed by atoms with Crippen molar-refractivity contribution in [3.63, 3.8) is 0 Å². The summed E-state index contributed by atoms with van der Waals surface area (Å²) in [6, 6.07) is 62.3. The van der Waals surface area contributed by atoms with Crippen LogP contribution < -0.4 is 4.90 Å². The first-order chi connectivity index (χ1) is 28.5. The van der Waals surface area contributed by atoms with Crippen LogP contribution in [0.1, 0.15) is 112 Å². The summed E-state index contributed by atoms with van der Waals surface area (Å²) in [5.41, 5.74) is 19.5. The van der Waals surface area contributed by atoms with E-state index in [1.807, 2.05) is 0 Å². The Balaban J connectivity index is 1.01. The average molecular weight is 754 g/mol. The fourth-order valence-electron chi connectivity index (χ4n) is 10.6. The van der Waals surface area contributed by atoms with Gasteiger partial charge in [-0.05, 0) is 147 Å². The maximum Gasteiger partial charge on any atom is 0.0467 e. The predicted molar refractivity (Wildman–Crippen MR) is 247 cm³/mol. The van der Waals surface area contributed by atoms with Crippen LogP contribution in [-0.2, 0) is 5.41 Å². The lowest BCUT2D eigenvalue weighted by atomic mass is 9.82. The quantitative estimate of drug-likeness (QED) is 0.149. The van der Waals surface area contributed by atoms with Gasteiger partial charge in [0.25, 0.3) is 0 Å². The Morgan fingerprint density at radius 2 is 0.879 bits per heavy atom. The second kappa shape index (κ2) is 15.6. The van der Waals surface area contributed by atoms with E-state index in [1.54, 1.807) is 0 Å². The average Bonchev–Trinajstić information content (AvgIpc) is 3.53. The minimum absolute atomic E-state index is 0.0856. The highest BCUT2D eigenvalue weighted by molar-refractivity contribution is 5.87. The monoisotopic (exact) mass is 753 g/mol. The van der Waals surface area contributed by atoms with E-state index in [4.69, 9.17) is 0 Å². The van der Waals surface area contributed by atoms with Gasteiger partial charge < -0.3 is 4.90 Å². The summed E-state index contributed by atoms with van der Waals surface area (Å²) < 4.78 is 0. The lowest BCUT2D eigenvalue weighted by Gasteiger charge is -2.28. The molecule has 58 heavy (non-hydrogen) atoms. The van der Waals surface area contributed by atoms with Gasteiger partial charge in [-0.2, -0.15) is 0 Å². The summed E-state index contributed by atoms with van der Waals surface area (Å²) in [7, 11) is 0. The Morgan fingerprint density at radius 1 is 0.362 bits per heavy atom. The number of anilines is 3. The van der Waals surface area contributed by atoms with Crippen LogP contribution in [-0.4, -0.2) is 0 Å². The summed E-state index contributed by atoms with van der Waals surface area (Å²) in [5.74, 6) is 1.42. The predicted octanol–water partition coefficient (Wildman–Crippen LogP) is 16.6. The molecule has 0 aliphatic heterocycles. The second-order valence-corrected chi connectivity index (χ2v) is 17.8. The van der Waals surface area contributed by atoms with Gasteiger partial charge in [0.05, 0.1) is 0 Å². The van der Waals surface area contributed by atoms with Crippen molar-refractivity contribution in [2.45, 2.75) is 95.3 Å². The van der Waals surface area contributed by atoms with E-state index in [-0.39, 0.29) is 5.41 Å². The van der Waals surface area contributed by atoms with Gasteiger partial charge in [-0.25, -0.2) is 0 Å². The van der Waals surface area contributed by atoms with Gasteiger partial charge in [-0.15, -0.1) is 0 Å². The number of fused-ring (bicyclic) bond motifs is 3. The summed E-state index contributed by atoms with van der Waals surface area (Å²) in [6.07, 6.45) is 13.5. The number of nitrogens with zero attached hydrogens (tertiary/aromatic N) is 1. The SMILES string of the molecule is CC1(C)c2ccccc2-c2ccc(N(c3ccc(-c4cccc(C5CCCCC5)c4)cc3)c3cccc(-c4cccc(-c5ccc(C6CCCCC6)cc5)c4)c3)cc21. The maximum atomic E-state index is 2.46. The molecule has 1 heteroatoms. The van der Waals surface area contributed by atoms with Crippen molar-refractivity contribution in [1.29, 1.82) is 0 Å². The molecule has 0 saturated heterocycles. The highest BCUT2D eigenvalue weighted by atomic mass is 15.1. The van der Waals surface area contributed by atoms with E-state index < -0.39 is 0 Å². The van der Waals surface area contributed by atoms with Crippen molar-refractivity contribution in [3.05, 3.63) is 186 Å². The molecule has 0 atom stereocenters. The highest BCUT2D eigenvalue weighted by Gasteiger charge is 2.35. The minimum atomic E-state index is -0.0856. The van der Waals surface area contributed by atoms with E-state index >= 15 is 0 Å². The smallest absolute Gasteiger partial charge is 0.0467 e. The third-order valence-electron chi connectivity index (χ3n) is 13.9. The number of hydrogen-bond donors (Lipinski definition) is 0. The van der Waals surface area contributed by atoms with Crippen LogP contribution in [0.4, 0.5) is 17.1 Å². The molecular weight excluding hydrogens is 699 g/mol. The summed E-state index contributed by atoms with van der Waals surface area (Å²) in [6.45, 7) is 4.75. The van der Waals surface area contributed by atoms with Gasteiger partial charge in [0.15, 0.2) is 0 Å². The van der Waals surface area contributed by atoms with Gasteiger partial charge in [0, 0.05) is 22.5 Å². The Morgan fingerprint density at radius 3 is 1.59 bits per heavy atom. The maximum absolute atomic E-state index is 2.46. The lowest BCUT2D eigenvalue weighted by Crippen LogP contribution is -2.16. The zero-order valence-corrected chi connectivity index (χ0v) is 34.3. The van der Waals surface area contributed by atoms with Crippen LogP contribution in [0, 0.1) is 0 Å². The molecule has 288 valence electrons. The van der Waals surface area contributed by atoms with Crippen molar-refractivity contribution in [3.8, 4) is 44.5 Å². The minimum Gasteiger partial charge on any atom is -0.310 e. The Kier molecular flexibility index (Phi) is 9.86. The van der Waals surface area contributed by atoms with Gasteiger partial charge in [-0.3, -0.25) is 0 Å². The van der Waals surface area contributed by atoms with E-state index in [2.05, 4.69) is 183 Å². The third kappa shape index (κ3) is 7.00. The van der Waals surface area contributed by atoms with Crippen molar-refractivity contribution >= 4 is 17.1 Å². The third-order valence-corrected chi connectivity index (χ3v) is 13.9. The molecule has 0 unspecified atom stereocenters. The van der Waals surface area contributed by atoms with Crippen LogP contribution in [0.5, 0.6) is 0 Å². The molecule has 3 aliphatic rings. The summed E-state index contributed by atoms with van der Waals surface area (Å²) in [5, 5.41) is 0. The summed E-state index contributed by atoms with van der Waals surface area (Å²) >= 11 is 0. The number of hydrogen-bond acceptors (Lipinski definition) is 1. The van der Waals surface area contributed by atoms with E-state index in [0.717, 1.165) is 17.3 Å². The Bertz CT molecular complexity index is 2540. The molecule has 7 aromatic rings. The molecule has 0 spiro atoms. The van der Waals surface area contributed by atoms with E-state index in [1.165, 1.54) is 137 Å². The van der Waals surface area contributed by atoms with E-state index in [9.17, 15) is 0 Å². The molecule has 0 heterocycles. The Hall–Kier alpha value is -5.66.